The first-order chi connectivity index (χ1) is 8.15. The highest BCUT2D eigenvalue weighted by Crippen LogP contribution is 2.29. The van der Waals surface area contributed by atoms with Gasteiger partial charge in [0.05, 0.1) is 15.7 Å². The van der Waals surface area contributed by atoms with E-state index in [0.717, 1.165) is 18.7 Å². The molecule has 1 aromatic carbocycles. The van der Waals surface area contributed by atoms with Gasteiger partial charge in [-0.3, -0.25) is 9.67 Å². The molecule has 0 radical (unpaired) electrons. The van der Waals surface area contributed by atoms with Crippen molar-refractivity contribution in [3.63, 3.8) is 0 Å². The molecule has 0 spiro atoms. The highest BCUT2D eigenvalue weighted by Gasteiger charge is 2.13. The highest BCUT2D eigenvalue weighted by atomic mass is 35.5. The number of para-hydroxylation sites is 1. The lowest BCUT2D eigenvalue weighted by Gasteiger charge is -2.09. The Balaban J connectivity index is 2.68. The molecule has 0 atom stereocenters. The summed E-state index contributed by atoms with van der Waals surface area (Å²) in [6, 6.07) is 5.37. The minimum Gasteiger partial charge on any atom is -0.269 e. The summed E-state index contributed by atoms with van der Waals surface area (Å²) >= 11 is 17.6. The molecule has 2 aromatic rings. The number of aryl methyl sites for hydroxylation is 1. The molecule has 2 rings (SSSR count). The number of aromatic amines is 1. The Labute approximate surface area is 114 Å². The number of aromatic nitrogens is 3. The van der Waals surface area contributed by atoms with Gasteiger partial charge in [-0.15, -0.1) is 0 Å². The molecule has 1 heterocycles. The molecular formula is C11H11Cl2N3S. The number of nitrogens with zero attached hydrogens (tertiary/aromatic N) is 2. The number of nitrogens with one attached hydrogen (secondary N) is 1. The van der Waals surface area contributed by atoms with Gasteiger partial charge in [0.15, 0.2) is 4.77 Å². The van der Waals surface area contributed by atoms with Crippen molar-refractivity contribution < 1.29 is 0 Å². The topological polar surface area (TPSA) is 33.6 Å². The molecule has 0 saturated carbocycles. The number of benzene rings is 1. The van der Waals surface area contributed by atoms with Crippen LogP contribution in [0.2, 0.25) is 10.0 Å². The molecule has 17 heavy (non-hydrogen) atoms. The number of halogens is 2. The molecule has 0 saturated heterocycles. The minimum absolute atomic E-state index is 0.503. The smallest absolute Gasteiger partial charge is 0.199 e. The van der Waals surface area contributed by atoms with Gasteiger partial charge >= 0.3 is 0 Å². The van der Waals surface area contributed by atoms with E-state index < -0.39 is 0 Å². The summed E-state index contributed by atoms with van der Waals surface area (Å²) in [5, 5.41) is 8.09. The number of hydrogen-bond acceptors (Lipinski definition) is 2. The Morgan fingerprint density at radius 2 is 2.00 bits per heavy atom. The third-order valence-corrected chi connectivity index (χ3v) is 3.26. The molecule has 0 aliphatic heterocycles. The summed E-state index contributed by atoms with van der Waals surface area (Å²) in [7, 11) is 0. The largest absolute Gasteiger partial charge is 0.269 e. The lowest BCUT2D eigenvalue weighted by Crippen LogP contribution is -2.02. The molecule has 1 N–H and O–H groups in total. The normalized spacial score (nSPS) is 10.8. The van der Waals surface area contributed by atoms with Crippen LogP contribution in [-0.4, -0.2) is 14.8 Å². The summed E-state index contributed by atoms with van der Waals surface area (Å²) in [5.74, 6) is 0.840. The van der Waals surface area contributed by atoms with Crippen molar-refractivity contribution in [3.8, 4) is 5.69 Å². The third-order valence-electron chi connectivity index (χ3n) is 2.38. The van der Waals surface area contributed by atoms with Crippen LogP contribution in [0.15, 0.2) is 18.2 Å². The Morgan fingerprint density at radius 1 is 1.35 bits per heavy atom. The summed E-state index contributed by atoms with van der Waals surface area (Å²) < 4.78 is 2.30. The molecule has 6 heteroatoms. The van der Waals surface area contributed by atoms with E-state index in [1.165, 1.54) is 0 Å². The van der Waals surface area contributed by atoms with Crippen molar-refractivity contribution in [2.45, 2.75) is 19.8 Å². The second-order valence-corrected chi connectivity index (χ2v) is 4.80. The van der Waals surface area contributed by atoms with Gasteiger partial charge in [-0.2, -0.15) is 5.10 Å². The van der Waals surface area contributed by atoms with Crippen molar-refractivity contribution in [2.24, 2.45) is 0 Å². The van der Waals surface area contributed by atoms with Crippen LogP contribution in [-0.2, 0) is 6.42 Å². The predicted octanol–water partition coefficient (Wildman–Crippen LogP) is 4.19. The molecule has 3 nitrogen and oxygen atoms in total. The Kier molecular flexibility index (Phi) is 3.86. The van der Waals surface area contributed by atoms with Gasteiger partial charge in [-0.1, -0.05) is 36.2 Å². The quantitative estimate of drug-likeness (QED) is 0.859. The zero-order chi connectivity index (χ0) is 12.4. The van der Waals surface area contributed by atoms with Gasteiger partial charge in [0.2, 0.25) is 0 Å². The zero-order valence-corrected chi connectivity index (χ0v) is 11.5. The summed E-state index contributed by atoms with van der Waals surface area (Å²) in [5.41, 5.74) is 0.693. The average molecular weight is 288 g/mol. The van der Waals surface area contributed by atoms with Gasteiger partial charge < -0.3 is 0 Å². The fourth-order valence-electron chi connectivity index (χ4n) is 1.65. The number of hydrogen-bond donors (Lipinski definition) is 1. The number of H-pyrrole nitrogens is 1. The Morgan fingerprint density at radius 3 is 2.59 bits per heavy atom. The number of rotatable bonds is 3. The Hall–Kier alpha value is -0.840. The van der Waals surface area contributed by atoms with Gasteiger partial charge in [0.25, 0.3) is 0 Å². The van der Waals surface area contributed by atoms with Crippen LogP contribution >= 0.6 is 35.4 Å². The van der Waals surface area contributed by atoms with E-state index in [2.05, 4.69) is 17.1 Å². The molecule has 90 valence electrons. The van der Waals surface area contributed by atoms with Crippen LogP contribution in [0.1, 0.15) is 19.2 Å². The maximum Gasteiger partial charge on any atom is 0.199 e. The maximum atomic E-state index is 6.17. The molecule has 0 aliphatic rings. The lowest BCUT2D eigenvalue weighted by atomic mass is 10.3. The maximum absolute atomic E-state index is 6.17. The van der Waals surface area contributed by atoms with Gasteiger partial charge in [-0.05, 0) is 30.8 Å². The van der Waals surface area contributed by atoms with Gasteiger partial charge in [-0.25, -0.2) is 0 Å². The molecule has 1 aromatic heterocycles. The molecule has 0 fully saturated rings. The van der Waals surface area contributed by atoms with Crippen molar-refractivity contribution in [1.29, 1.82) is 0 Å². The van der Waals surface area contributed by atoms with Crippen LogP contribution in [0.3, 0.4) is 0 Å². The van der Waals surface area contributed by atoms with E-state index >= 15 is 0 Å². The van der Waals surface area contributed by atoms with Crippen LogP contribution in [0.5, 0.6) is 0 Å². The highest BCUT2D eigenvalue weighted by molar-refractivity contribution is 7.71. The lowest BCUT2D eigenvalue weighted by molar-refractivity contribution is 0.801. The van der Waals surface area contributed by atoms with Crippen LogP contribution in [0, 0.1) is 4.77 Å². The minimum atomic E-state index is 0.503. The van der Waals surface area contributed by atoms with E-state index in [9.17, 15) is 0 Å². The summed E-state index contributed by atoms with van der Waals surface area (Å²) in [6.07, 6.45) is 1.79. The summed E-state index contributed by atoms with van der Waals surface area (Å²) in [4.78, 5) is 0. The zero-order valence-electron chi connectivity index (χ0n) is 9.20. The molecule has 0 bridgehead atoms. The SMILES string of the molecule is CCCc1n[nH]c(=S)n1-c1c(Cl)cccc1Cl. The van der Waals surface area contributed by atoms with Crippen molar-refractivity contribution in [2.75, 3.05) is 0 Å². The Bertz CT molecular complexity index is 568. The molecular weight excluding hydrogens is 277 g/mol. The second kappa shape index (κ2) is 5.21. The van der Waals surface area contributed by atoms with E-state index in [1.807, 2.05) is 0 Å². The van der Waals surface area contributed by atoms with Crippen LogP contribution in [0.25, 0.3) is 5.69 Å². The van der Waals surface area contributed by atoms with E-state index in [4.69, 9.17) is 35.4 Å². The fourth-order valence-corrected chi connectivity index (χ4v) is 2.46. The first-order valence-electron chi connectivity index (χ1n) is 5.25. The second-order valence-electron chi connectivity index (χ2n) is 3.60. The van der Waals surface area contributed by atoms with E-state index in [-0.39, 0.29) is 0 Å². The van der Waals surface area contributed by atoms with E-state index in [1.54, 1.807) is 22.8 Å². The van der Waals surface area contributed by atoms with Crippen molar-refractivity contribution in [1.82, 2.24) is 14.8 Å². The monoisotopic (exact) mass is 287 g/mol. The van der Waals surface area contributed by atoms with Gasteiger partial charge in [0, 0.05) is 6.42 Å². The van der Waals surface area contributed by atoms with Crippen molar-refractivity contribution >= 4 is 35.4 Å². The first-order valence-corrected chi connectivity index (χ1v) is 6.42. The van der Waals surface area contributed by atoms with Gasteiger partial charge in [0.1, 0.15) is 5.82 Å². The molecule has 0 aliphatic carbocycles. The predicted molar refractivity (Wildman–Crippen MR) is 72.8 cm³/mol. The third kappa shape index (κ3) is 2.39. The molecule has 0 amide bonds. The molecule has 0 unspecified atom stereocenters. The average Bonchev–Trinajstić information content (AvgIpc) is 2.62. The standard InChI is InChI=1S/C11H11Cl2N3S/c1-2-4-9-14-15-11(17)16(9)10-7(12)5-3-6-8(10)13/h3,5-6H,2,4H2,1H3,(H,15,17). The van der Waals surface area contributed by atoms with Crippen LogP contribution in [0.4, 0.5) is 0 Å². The fraction of sp³-hybridized carbons (Fsp3) is 0.273. The first kappa shape index (κ1) is 12.6. The van der Waals surface area contributed by atoms with E-state index in [0.29, 0.717) is 20.5 Å². The van der Waals surface area contributed by atoms with Crippen LogP contribution < -0.4 is 0 Å². The van der Waals surface area contributed by atoms with Crippen molar-refractivity contribution in [3.05, 3.63) is 38.8 Å². The summed E-state index contributed by atoms with van der Waals surface area (Å²) in [6.45, 7) is 2.08.